The molecule has 22 heavy (non-hydrogen) atoms. The monoisotopic (exact) mass is 296 g/mol. The zero-order valence-electron chi connectivity index (χ0n) is 12.2. The fourth-order valence-electron chi connectivity index (χ4n) is 2.37. The summed E-state index contributed by atoms with van der Waals surface area (Å²) in [6.07, 6.45) is 0. The third-order valence-corrected chi connectivity index (χ3v) is 3.47. The summed E-state index contributed by atoms with van der Waals surface area (Å²) in [5.74, 6) is 0.267. The quantitative estimate of drug-likeness (QED) is 0.945. The molecule has 1 heterocycles. The van der Waals surface area contributed by atoms with Crippen LogP contribution in [-0.4, -0.2) is 30.4 Å². The SMILES string of the molecule is CN(Cc1ccccc1)C(=O)c1ccc2c(c1)NC(=O)CO2. The molecule has 1 N–H and O–H groups in total. The number of carbonyl (C=O) groups excluding carboxylic acids is 2. The summed E-state index contributed by atoms with van der Waals surface area (Å²) in [5, 5.41) is 2.71. The van der Waals surface area contributed by atoms with Crippen molar-refractivity contribution in [3.05, 3.63) is 59.7 Å². The lowest BCUT2D eigenvalue weighted by Gasteiger charge is -2.21. The van der Waals surface area contributed by atoms with Crippen LogP contribution in [0.4, 0.5) is 5.69 Å². The largest absolute Gasteiger partial charge is 0.482 e. The Balaban J connectivity index is 1.77. The average molecular weight is 296 g/mol. The molecule has 3 rings (SSSR count). The first-order chi connectivity index (χ1) is 10.6. The van der Waals surface area contributed by atoms with Crippen LogP contribution in [0.1, 0.15) is 15.9 Å². The maximum atomic E-state index is 12.5. The highest BCUT2D eigenvalue weighted by Gasteiger charge is 2.19. The van der Waals surface area contributed by atoms with Crippen LogP contribution in [-0.2, 0) is 11.3 Å². The molecule has 0 aromatic heterocycles. The Labute approximate surface area is 128 Å². The van der Waals surface area contributed by atoms with Crippen LogP contribution in [0.5, 0.6) is 5.75 Å². The Hall–Kier alpha value is -2.82. The number of hydrogen-bond acceptors (Lipinski definition) is 3. The maximum absolute atomic E-state index is 12.5. The average Bonchev–Trinajstić information content (AvgIpc) is 2.54. The molecule has 0 unspecified atom stereocenters. The van der Waals surface area contributed by atoms with E-state index in [-0.39, 0.29) is 18.4 Å². The number of ether oxygens (including phenoxy) is 1. The fourth-order valence-corrected chi connectivity index (χ4v) is 2.37. The minimum Gasteiger partial charge on any atom is -0.482 e. The van der Waals surface area contributed by atoms with Crippen molar-refractivity contribution in [3.63, 3.8) is 0 Å². The first-order valence-electron chi connectivity index (χ1n) is 6.99. The summed E-state index contributed by atoms with van der Waals surface area (Å²) in [6.45, 7) is 0.536. The van der Waals surface area contributed by atoms with Crippen LogP contribution in [0, 0.1) is 0 Å². The Morgan fingerprint density at radius 1 is 1.23 bits per heavy atom. The molecule has 1 aliphatic heterocycles. The van der Waals surface area contributed by atoms with Crippen molar-refractivity contribution in [2.45, 2.75) is 6.54 Å². The van der Waals surface area contributed by atoms with Crippen LogP contribution in [0.3, 0.4) is 0 Å². The predicted molar refractivity (Wildman–Crippen MR) is 82.8 cm³/mol. The first kappa shape index (κ1) is 14.1. The molecule has 5 heteroatoms. The first-order valence-corrected chi connectivity index (χ1v) is 6.99. The van der Waals surface area contributed by atoms with Crippen LogP contribution < -0.4 is 10.1 Å². The highest BCUT2D eigenvalue weighted by molar-refractivity contribution is 5.99. The van der Waals surface area contributed by atoms with Gasteiger partial charge in [0.05, 0.1) is 5.69 Å². The molecule has 0 saturated carbocycles. The molecule has 0 aliphatic carbocycles. The normalized spacial score (nSPS) is 12.9. The van der Waals surface area contributed by atoms with Crippen LogP contribution >= 0.6 is 0 Å². The van der Waals surface area contributed by atoms with Gasteiger partial charge in [0, 0.05) is 19.2 Å². The van der Waals surface area contributed by atoms with Crippen molar-refractivity contribution in [1.29, 1.82) is 0 Å². The summed E-state index contributed by atoms with van der Waals surface area (Å²) in [5.41, 5.74) is 2.12. The van der Waals surface area contributed by atoms with E-state index in [0.717, 1.165) is 5.56 Å². The maximum Gasteiger partial charge on any atom is 0.262 e. The molecule has 0 saturated heterocycles. The van der Waals surface area contributed by atoms with E-state index in [2.05, 4.69) is 5.32 Å². The van der Waals surface area contributed by atoms with E-state index < -0.39 is 0 Å². The lowest BCUT2D eigenvalue weighted by molar-refractivity contribution is -0.118. The van der Waals surface area contributed by atoms with E-state index in [1.54, 1.807) is 30.1 Å². The van der Waals surface area contributed by atoms with Crippen LogP contribution in [0.2, 0.25) is 0 Å². The van der Waals surface area contributed by atoms with Gasteiger partial charge in [-0.25, -0.2) is 0 Å². The third kappa shape index (κ3) is 2.93. The Morgan fingerprint density at radius 2 is 2.00 bits per heavy atom. The lowest BCUT2D eigenvalue weighted by Crippen LogP contribution is -2.28. The van der Waals surface area contributed by atoms with Crippen molar-refractivity contribution in [1.82, 2.24) is 4.90 Å². The highest BCUT2D eigenvalue weighted by Crippen LogP contribution is 2.28. The van der Waals surface area contributed by atoms with Gasteiger partial charge in [0.25, 0.3) is 11.8 Å². The third-order valence-electron chi connectivity index (χ3n) is 3.47. The van der Waals surface area contributed by atoms with Crippen LogP contribution in [0.15, 0.2) is 48.5 Å². The molecule has 2 amide bonds. The van der Waals surface area contributed by atoms with Crippen molar-refractivity contribution in [2.24, 2.45) is 0 Å². The number of rotatable bonds is 3. The van der Waals surface area contributed by atoms with E-state index >= 15 is 0 Å². The summed E-state index contributed by atoms with van der Waals surface area (Å²) >= 11 is 0. The van der Waals surface area contributed by atoms with E-state index in [4.69, 9.17) is 4.74 Å². The number of anilines is 1. The van der Waals surface area contributed by atoms with Gasteiger partial charge in [0.1, 0.15) is 5.75 Å². The Kier molecular flexibility index (Phi) is 3.78. The molecule has 0 radical (unpaired) electrons. The summed E-state index contributed by atoms with van der Waals surface area (Å²) < 4.78 is 5.29. The van der Waals surface area contributed by atoms with Gasteiger partial charge in [-0.3, -0.25) is 9.59 Å². The highest BCUT2D eigenvalue weighted by atomic mass is 16.5. The number of fused-ring (bicyclic) bond motifs is 1. The lowest BCUT2D eigenvalue weighted by atomic mass is 10.1. The van der Waals surface area contributed by atoms with E-state index in [1.807, 2.05) is 30.3 Å². The number of amides is 2. The summed E-state index contributed by atoms with van der Waals surface area (Å²) in [7, 11) is 1.75. The van der Waals surface area contributed by atoms with Gasteiger partial charge < -0.3 is 15.0 Å². The smallest absolute Gasteiger partial charge is 0.262 e. The minimum atomic E-state index is -0.213. The number of hydrogen-bond donors (Lipinski definition) is 1. The van der Waals surface area contributed by atoms with Gasteiger partial charge in [-0.05, 0) is 23.8 Å². The molecule has 2 aromatic carbocycles. The minimum absolute atomic E-state index is 0.00814. The number of carbonyl (C=O) groups is 2. The molecule has 0 fully saturated rings. The van der Waals surface area contributed by atoms with Crippen molar-refractivity contribution >= 4 is 17.5 Å². The van der Waals surface area contributed by atoms with Crippen molar-refractivity contribution < 1.29 is 14.3 Å². The van der Waals surface area contributed by atoms with E-state index in [0.29, 0.717) is 23.5 Å². The van der Waals surface area contributed by atoms with Gasteiger partial charge in [-0.15, -0.1) is 0 Å². The zero-order valence-corrected chi connectivity index (χ0v) is 12.2. The van der Waals surface area contributed by atoms with Gasteiger partial charge in [-0.1, -0.05) is 30.3 Å². The van der Waals surface area contributed by atoms with Crippen molar-refractivity contribution in [3.8, 4) is 5.75 Å². The van der Waals surface area contributed by atoms with Gasteiger partial charge >= 0.3 is 0 Å². The molecule has 112 valence electrons. The summed E-state index contributed by atoms with van der Waals surface area (Å²) in [6, 6.07) is 14.8. The molecule has 5 nitrogen and oxygen atoms in total. The second-order valence-electron chi connectivity index (χ2n) is 5.19. The Bertz CT molecular complexity index is 713. The van der Waals surface area contributed by atoms with Crippen LogP contribution in [0.25, 0.3) is 0 Å². The summed E-state index contributed by atoms with van der Waals surface area (Å²) in [4.78, 5) is 25.5. The molecule has 2 aromatic rings. The standard InChI is InChI=1S/C17H16N2O3/c1-19(10-12-5-3-2-4-6-12)17(21)13-7-8-15-14(9-13)18-16(20)11-22-15/h2-9H,10-11H2,1H3,(H,18,20). The fraction of sp³-hybridized carbons (Fsp3) is 0.176. The molecular weight excluding hydrogens is 280 g/mol. The molecular formula is C17H16N2O3. The molecule has 0 spiro atoms. The van der Waals surface area contributed by atoms with Gasteiger partial charge in [-0.2, -0.15) is 0 Å². The Morgan fingerprint density at radius 3 is 2.77 bits per heavy atom. The van der Waals surface area contributed by atoms with E-state index in [1.165, 1.54) is 0 Å². The topological polar surface area (TPSA) is 58.6 Å². The predicted octanol–water partition coefficient (Wildman–Crippen LogP) is 2.29. The molecule has 0 atom stereocenters. The molecule has 1 aliphatic rings. The van der Waals surface area contributed by atoms with Crippen molar-refractivity contribution in [2.75, 3.05) is 19.0 Å². The molecule has 0 bridgehead atoms. The number of nitrogens with one attached hydrogen (secondary N) is 1. The van der Waals surface area contributed by atoms with Gasteiger partial charge in [0.15, 0.2) is 6.61 Å². The van der Waals surface area contributed by atoms with E-state index in [9.17, 15) is 9.59 Å². The second-order valence-corrected chi connectivity index (χ2v) is 5.19. The second kappa shape index (κ2) is 5.89. The zero-order chi connectivity index (χ0) is 15.5. The van der Waals surface area contributed by atoms with Gasteiger partial charge in [0.2, 0.25) is 0 Å². The number of nitrogens with zero attached hydrogens (tertiary/aromatic N) is 1. The number of benzene rings is 2.